The van der Waals surface area contributed by atoms with Gasteiger partial charge in [-0.2, -0.15) is 0 Å². The van der Waals surface area contributed by atoms with Crippen molar-refractivity contribution >= 4 is 46.8 Å². The number of amides is 3. The lowest BCUT2D eigenvalue weighted by Gasteiger charge is -2.46. The smallest absolute Gasteiger partial charge is 0.410 e. The molecule has 326 valence electrons. The molecule has 3 amide bonds. The number of aromatic nitrogens is 5. The highest BCUT2D eigenvalue weighted by Gasteiger charge is 2.48. The van der Waals surface area contributed by atoms with Crippen molar-refractivity contribution in [2.24, 2.45) is 5.41 Å². The highest BCUT2D eigenvalue weighted by atomic mass is 35.5. The summed E-state index contributed by atoms with van der Waals surface area (Å²) < 4.78 is 19.4. The molecule has 17 heteroatoms. The zero-order chi connectivity index (χ0) is 43.9. The van der Waals surface area contributed by atoms with Crippen molar-refractivity contribution in [1.29, 1.82) is 0 Å². The molecule has 0 atom stereocenters. The van der Waals surface area contributed by atoms with Crippen LogP contribution in [0, 0.1) is 5.41 Å². The van der Waals surface area contributed by atoms with E-state index in [1.165, 1.54) is 0 Å². The van der Waals surface area contributed by atoms with Crippen LogP contribution >= 0.6 is 23.2 Å². The van der Waals surface area contributed by atoms with E-state index >= 15 is 0 Å². The Morgan fingerprint density at radius 2 is 1.76 bits per heavy atom. The molecule has 8 rings (SSSR count). The van der Waals surface area contributed by atoms with Gasteiger partial charge in [0, 0.05) is 97.7 Å². The van der Waals surface area contributed by atoms with Crippen LogP contribution in [0.3, 0.4) is 0 Å². The second-order valence-corrected chi connectivity index (χ2v) is 18.1. The fraction of sp³-hybridized carbons (Fsp3) is 0.444. The summed E-state index contributed by atoms with van der Waals surface area (Å²) in [6, 6.07) is 13.0. The van der Waals surface area contributed by atoms with Gasteiger partial charge in [0.2, 0.25) is 17.7 Å². The number of fused-ring (bicyclic) bond motifs is 1. The first-order valence-electron chi connectivity index (χ1n) is 20.9. The molecular formula is C45H51Cl2N9O6. The van der Waals surface area contributed by atoms with Gasteiger partial charge in [-0.15, -0.1) is 5.10 Å². The molecule has 3 saturated heterocycles. The van der Waals surface area contributed by atoms with E-state index in [-0.39, 0.29) is 29.8 Å². The van der Waals surface area contributed by atoms with Crippen LogP contribution in [-0.2, 0) is 27.4 Å². The Morgan fingerprint density at radius 1 is 1.02 bits per heavy atom. The number of ether oxygens (including phenoxy) is 3. The first-order chi connectivity index (χ1) is 29.6. The van der Waals surface area contributed by atoms with Crippen LogP contribution < -0.4 is 14.8 Å². The number of hydrogen-bond acceptors (Lipinski definition) is 11. The third-order valence-electron chi connectivity index (χ3n) is 11.6. The summed E-state index contributed by atoms with van der Waals surface area (Å²) in [6.07, 6.45) is 4.91. The average Bonchev–Trinajstić information content (AvgIpc) is 3.83. The van der Waals surface area contributed by atoms with Crippen molar-refractivity contribution in [1.82, 2.24) is 44.6 Å². The van der Waals surface area contributed by atoms with Crippen molar-refractivity contribution in [3.63, 3.8) is 0 Å². The Labute approximate surface area is 370 Å². The molecule has 0 aliphatic carbocycles. The van der Waals surface area contributed by atoms with Gasteiger partial charge in [0.15, 0.2) is 17.2 Å². The third kappa shape index (κ3) is 8.88. The SMILES string of the molecule is CCOc1cc(-c2nccc(-c3cccc(-c4ccc(CN(C(=O)OC(C)(C)C)C5CCN(C(C)=O)CC5)c(OC)n4)c3Cl)c2Cl)cn2nc(CN3CC4(CNC(=O)C4)C3)nc12. The van der Waals surface area contributed by atoms with Crippen LogP contribution in [0.2, 0.25) is 10.0 Å². The number of nitrogens with one attached hydrogen (secondary N) is 1. The predicted octanol–water partition coefficient (Wildman–Crippen LogP) is 7.30. The molecule has 7 heterocycles. The number of benzene rings is 1. The first kappa shape index (κ1) is 43.2. The highest BCUT2D eigenvalue weighted by Crippen LogP contribution is 2.43. The number of hydrogen-bond donors (Lipinski definition) is 1. The number of nitrogens with zero attached hydrogens (tertiary/aromatic N) is 8. The number of pyridine rings is 3. The highest BCUT2D eigenvalue weighted by molar-refractivity contribution is 6.39. The van der Waals surface area contributed by atoms with Crippen LogP contribution in [0.5, 0.6) is 11.6 Å². The number of methoxy groups -OCH3 is 1. The fourth-order valence-electron chi connectivity index (χ4n) is 8.69. The minimum atomic E-state index is -0.695. The average molecular weight is 885 g/mol. The molecule has 0 radical (unpaired) electrons. The molecule has 3 fully saturated rings. The summed E-state index contributed by atoms with van der Waals surface area (Å²) in [5.74, 6) is 1.68. The summed E-state index contributed by atoms with van der Waals surface area (Å²) in [6.45, 7) is 13.6. The standard InChI is InChI=1S/C45H51Cl2N9O6/c1-7-61-35-19-29(22-56-41(35)51-36(52-56)23-53-25-45(26-53)20-37(58)49-24-45)40-39(47)32(13-16-48-40)31-9-8-10-33(38(31)46)34-12-11-28(42(50-34)60-6)21-55(43(59)62-44(3,4)5)30-14-17-54(18-15-30)27(2)57/h8-13,16,19,22,30H,7,14-15,17-18,20-21,23-26H2,1-6H3,(H,49,58). The number of rotatable bonds is 11. The van der Waals surface area contributed by atoms with Crippen molar-refractivity contribution in [3.8, 4) is 45.3 Å². The largest absolute Gasteiger partial charge is 0.490 e. The molecule has 15 nitrogen and oxygen atoms in total. The molecule has 4 aromatic heterocycles. The number of carbonyl (C=O) groups is 3. The van der Waals surface area contributed by atoms with E-state index in [0.717, 1.165) is 13.1 Å². The zero-order valence-corrected chi connectivity index (χ0v) is 37.3. The molecule has 0 unspecified atom stereocenters. The molecule has 3 aliphatic heterocycles. The summed E-state index contributed by atoms with van der Waals surface area (Å²) >= 11 is 14.5. The van der Waals surface area contributed by atoms with E-state index in [4.69, 9.17) is 57.5 Å². The van der Waals surface area contributed by atoms with Gasteiger partial charge in [-0.05, 0) is 64.8 Å². The Bertz CT molecular complexity index is 2530. The molecule has 1 spiro atoms. The maximum absolute atomic E-state index is 13.6. The van der Waals surface area contributed by atoms with Gasteiger partial charge in [0.1, 0.15) is 5.60 Å². The van der Waals surface area contributed by atoms with E-state index in [1.54, 1.807) is 34.5 Å². The quantitative estimate of drug-likeness (QED) is 0.142. The van der Waals surface area contributed by atoms with Crippen molar-refractivity contribution in [2.45, 2.75) is 78.6 Å². The topological polar surface area (TPSA) is 157 Å². The predicted molar refractivity (Wildman–Crippen MR) is 235 cm³/mol. The lowest BCUT2D eigenvalue weighted by Crippen LogP contribution is -2.56. The van der Waals surface area contributed by atoms with Crippen LogP contribution in [-0.4, -0.2) is 115 Å². The van der Waals surface area contributed by atoms with E-state index < -0.39 is 11.7 Å². The number of carbonyl (C=O) groups excluding carboxylic acids is 3. The molecule has 3 aliphatic rings. The molecule has 1 N–H and O–H groups in total. The Kier molecular flexibility index (Phi) is 12.1. The number of likely N-dealkylation sites (tertiary alicyclic amines) is 2. The number of halogens is 2. The van der Waals surface area contributed by atoms with Gasteiger partial charge in [-0.25, -0.2) is 19.3 Å². The van der Waals surface area contributed by atoms with Crippen LogP contribution in [0.25, 0.3) is 39.3 Å². The molecular weight excluding hydrogens is 833 g/mol. The van der Waals surface area contributed by atoms with Gasteiger partial charge in [0.25, 0.3) is 0 Å². The fourth-order valence-corrected chi connectivity index (χ4v) is 9.34. The maximum atomic E-state index is 13.6. The minimum Gasteiger partial charge on any atom is -0.490 e. The van der Waals surface area contributed by atoms with Gasteiger partial charge in [-0.1, -0.05) is 41.4 Å². The van der Waals surface area contributed by atoms with Crippen LogP contribution in [0.1, 0.15) is 65.3 Å². The summed E-state index contributed by atoms with van der Waals surface area (Å²) in [4.78, 5) is 57.7. The molecule has 1 aromatic carbocycles. The van der Waals surface area contributed by atoms with Gasteiger partial charge in [0.05, 0.1) is 48.2 Å². The summed E-state index contributed by atoms with van der Waals surface area (Å²) in [5, 5.41) is 8.58. The zero-order valence-electron chi connectivity index (χ0n) is 35.8. The van der Waals surface area contributed by atoms with Crippen LogP contribution in [0.4, 0.5) is 4.79 Å². The lowest BCUT2D eigenvalue weighted by molar-refractivity contribution is -0.130. The van der Waals surface area contributed by atoms with Gasteiger partial charge >= 0.3 is 6.09 Å². The molecule has 5 aromatic rings. The molecule has 0 saturated carbocycles. The second kappa shape index (κ2) is 17.3. The second-order valence-electron chi connectivity index (χ2n) is 17.3. The minimum absolute atomic E-state index is 0.00818. The van der Waals surface area contributed by atoms with Gasteiger partial charge in [-0.3, -0.25) is 19.5 Å². The maximum Gasteiger partial charge on any atom is 0.410 e. The summed E-state index contributed by atoms with van der Waals surface area (Å²) in [5.41, 5.74) is 4.36. The molecule has 0 bridgehead atoms. The van der Waals surface area contributed by atoms with E-state index in [0.29, 0.717) is 124 Å². The van der Waals surface area contributed by atoms with Gasteiger partial charge < -0.3 is 29.3 Å². The normalized spacial score (nSPS) is 16.6. The van der Waals surface area contributed by atoms with E-state index in [2.05, 4.69) is 10.2 Å². The lowest BCUT2D eigenvalue weighted by atomic mass is 9.79. The van der Waals surface area contributed by atoms with E-state index in [9.17, 15) is 14.4 Å². The van der Waals surface area contributed by atoms with Crippen LogP contribution in [0.15, 0.2) is 54.9 Å². The summed E-state index contributed by atoms with van der Waals surface area (Å²) in [7, 11) is 1.54. The monoisotopic (exact) mass is 883 g/mol. The van der Waals surface area contributed by atoms with Crippen molar-refractivity contribution in [3.05, 3.63) is 76.3 Å². The third-order valence-corrected chi connectivity index (χ3v) is 12.4. The van der Waals surface area contributed by atoms with E-state index in [1.807, 2.05) is 76.4 Å². The number of piperidine rings is 1. The Balaban J connectivity index is 1.06. The Hall–Kier alpha value is -5.51. The molecule has 62 heavy (non-hydrogen) atoms. The first-order valence-corrected chi connectivity index (χ1v) is 21.6. The Morgan fingerprint density at radius 3 is 2.44 bits per heavy atom. The van der Waals surface area contributed by atoms with Crippen molar-refractivity contribution < 1.29 is 28.6 Å². The van der Waals surface area contributed by atoms with Crippen molar-refractivity contribution in [2.75, 3.05) is 46.4 Å².